The van der Waals surface area contributed by atoms with E-state index >= 15 is 0 Å². The summed E-state index contributed by atoms with van der Waals surface area (Å²) in [4.78, 5) is 6.84. The Kier molecular flexibility index (Phi) is 3.15. The zero-order chi connectivity index (χ0) is 12.6. The van der Waals surface area contributed by atoms with Gasteiger partial charge in [-0.3, -0.25) is 4.90 Å². The number of nitrogens with one attached hydrogen (secondary N) is 1. The van der Waals surface area contributed by atoms with Gasteiger partial charge in [-0.1, -0.05) is 16.8 Å². The zero-order valence-electron chi connectivity index (χ0n) is 10.6. The van der Waals surface area contributed by atoms with E-state index in [0.29, 0.717) is 0 Å². The average Bonchev–Trinajstić information content (AvgIpc) is 2.29. The minimum absolute atomic E-state index is 0.0252. The third-order valence-corrected chi connectivity index (χ3v) is 4.00. The number of benzene rings is 1. The molecule has 1 unspecified atom stereocenters. The first-order valence-corrected chi connectivity index (χ1v) is 6.11. The van der Waals surface area contributed by atoms with Crippen LogP contribution in [0.1, 0.15) is 32.6 Å². The van der Waals surface area contributed by atoms with Gasteiger partial charge in [0.05, 0.1) is 12.6 Å². The largest absolute Gasteiger partial charge is 0.333 e. The molecule has 0 aliphatic carbocycles. The smallest absolute Gasteiger partial charge is 0.283 e. The van der Waals surface area contributed by atoms with Crippen LogP contribution < -0.4 is 4.90 Å². The van der Waals surface area contributed by atoms with Gasteiger partial charge in [0.1, 0.15) is 11.3 Å². The summed E-state index contributed by atoms with van der Waals surface area (Å²) >= 11 is 5.89. The van der Waals surface area contributed by atoms with Crippen LogP contribution in [0.5, 0.6) is 0 Å². The highest BCUT2D eigenvalue weighted by atomic mass is 35.5. The highest BCUT2D eigenvalue weighted by Gasteiger charge is 2.42. The molecular weight excluding hydrogens is 236 g/mol. The van der Waals surface area contributed by atoms with Crippen molar-refractivity contribution in [2.75, 3.05) is 7.05 Å². The summed E-state index contributed by atoms with van der Waals surface area (Å²) in [6.07, 6.45) is -0.0778. The fraction of sp³-hybridized carbons (Fsp3) is 0.462. The van der Waals surface area contributed by atoms with Crippen molar-refractivity contribution in [3.8, 4) is 0 Å². The Morgan fingerprint density at radius 2 is 1.88 bits per heavy atom. The monoisotopic (exact) mass is 253 g/mol. The Balaban J connectivity index is 2.33. The van der Waals surface area contributed by atoms with E-state index in [4.69, 9.17) is 16.4 Å². The Hall–Kier alpha value is -1.06. The van der Waals surface area contributed by atoms with Crippen molar-refractivity contribution < 1.29 is 9.74 Å². The van der Waals surface area contributed by atoms with Crippen LogP contribution in [0.2, 0.25) is 5.02 Å². The first-order chi connectivity index (χ1) is 7.93. The minimum Gasteiger partial charge on any atom is -0.333 e. The molecular formula is C13H18ClN2O+. The molecule has 3 nitrogen and oxygen atoms in total. The molecule has 0 radical (unpaired) electrons. The number of hydrogen-bond acceptors (Lipinski definition) is 2. The molecule has 1 N–H and O–H groups in total. The lowest BCUT2D eigenvalue weighted by Gasteiger charge is -2.39. The molecule has 0 saturated carbocycles. The van der Waals surface area contributed by atoms with Crippen molar-refractivity contribution in [1.82, 2.24) is 0 Å². The molecule has 0 saturated heterocycles. The van der Waals surface area contributed by atoms with Gasteiger partial charge in [-0.25, -0.2) is 0 Å². The summed E-state index contributed by atoms with van der Waals surface area (Å²) in [5, 5.41) is 4.91. The van der Waals surface area contributed by atoms with Crippen LogP contribution in [0.3, 0.4) is 0 Å². The lowest BCUT2D eigenvalue weighted by molar-refractivity contribution is -0.975. The molecule has 1 aliphatic rings. The Morgan fingerprint density at radius 1 is 1.29 bits per heavy atom. The van der Waals surface area contributed by atoms with Crippen molar-refractivity contribution in [2.45, 2.75) is 32.5 Å². The zero-order valence-corrected chi connectivity index (χ0v) is 11.4. The summed E-state index contributed by atoms with van der Waals surface area (Å²) in [6.45, 7) is 6.35. The molecule has 0 bridgehead atoms. The highest BCUT2D eigenvalue weighted by Crippen LogP contribution is 2.20. The molecule has 0 fully saturated rings. The van der Waals surface area contributed by atoms with E-state index in [1.165, 1.54) is 4.90 Å². The van der Waals surface area contributed by atoms with Crippen molar-refractivity contribution in [3.63, 3.8) is 0 Å². The summed E-state index contributed by atoms with van der Waals surface area (Å²) in [7, 11) is 2.12. The predicted octanol–water partition coefficient (Wildman–Crippen LogP) is 2.04. The molecule has 92 valence electrons. The van der Waals surface area contributed by atoms with Gasteiger partial charge in [0.15, 0.2) is 0 Å². The van der Waals surface area contributed by atoms with Gasteiger partial charge in [0, 0.05) is 5.02 Å². The summed E-state index contributed by atoms with van der Waals surface area (Å²) in [6, 6.07) is 7.74. The average molecular weight is 254 g/mol. The van der Waals surface area contributed by atoms with Crippen LogP contribution in [0.4, 0.5) is 0 Å². The van der Waals surface area contributed by atoms with E-state index in [9.17, 15) is 0 Å². The van der Waals surface area contributed by atoms with Crippen molar-refractivity contribution >= 4 is 17.3 Å². The summed E-state index contributed by atoms with van der Waals surface area (Å²) < 4.78 is 0. The molecule has 0 amide bonds. The van der Waals surface area contributed by atoms with Gasteiger partial charge in [0.2, 0.25) is 0 Å². The molecule has 2 atom stereocenters. The van der Waals surface area contributed by atoms with E-state index in [2.05, 4.69) is 26.1 Å². The number of quaternary nitrogens is 1. The van der Waals surface area contributed by atoms with E-state index in [0.717, 1.165) is 16.3 Å². The summed E-state index contributed by atoms with van der Waals surface area (Å²) in [5.74, 6) is 0. The fourth-order valence-electron chi connectivity index (χ4n) is 1.89. The Bertz CT molecular complexity index is 439. The number of halogens is 1. The van der Waals surface area contributed by atoms with E-state index < -0.39 is 0 Å². The predicted molar refractivity (Wildman–Crippen MR) is 69.4 cm³/mol. The normalized spacial score (nSPS) is 27.2. The molecule has 17 heavy (non-hydrogen) atoms. The van der Waals surface area contributed by atoms with Crippen LogP contribution in [0.15, 0.2) is 29.4 Å². The quantitative estimate of drug-likeness (QED) is 0.815. The Morgan fingerprint density at radius 3 is 2.47 bits per heavy atom. The number of oxime groups is 1. The first-order valence-electron chi connectivity index (χ1n) is 5.73. The van der Waals surface area contributed by atoms with Gasteiger partial charge in [-0.2, -0.15) is 0 Å². The topological polar surface area (TPSA) is 26.0 Å². The minimum atomic E-state index is -0.0778. The van der Waals surface area contributed by atoms with Crippen molar-refractivity contribution in [1.29, 1.82) is 0 Å². The molecule has 1 heterocycles. The van der Waals surface area contributed by atoms with Gasteiger partial charge in [-0.05, 0) is 45.0 Å². The molecule has 4 heteroatoms. The molecule has 1 aliphatic heterocycles. The second-order valence-electron chi connectivity index (χ2n) is 5.02. The van der Waals surface area contributed by atoms with Crippen LogP contribution in [0.25, 0.3) is 0 Å². The highest BCUT2D eigenvalue weighted by molar-refractivity contribution is 6.30. The second kappa shape index (κ2) is 4.31. The Labute approximate surface area is 107 Å². The van der Waals surface area contributed by atoms with E-state index in [-0.39, 0.29) is 11.8 Å². The van der Waals surface area contributed by atoms with Crippen molar-refractivity contribution in [3.05, 3.63) is 34.9 Å². The third-order valence-electron chi connectivity index (χ3n) is 3.75. The maximum atomic E-state index is 5.89. The van der Waals surface area contributed by atoms with Gasteiger partial charge >= 0.3 is 0 Å². The third kappa shape index (κ3) is 2.17. The molecule has 1 aromatic rings. The first kappa shape index (κ1) is 12.4. The van der Waals surface area contributed by atoms with Gasteiger partial charge in [0.25, 0.3) is 6.23 Å². The van der Waals surface area contributed by atoms with Crippen LogP contribution in [-0.4, -0.2) is 18.3 Å². The molecule has 0 aromatic heterocycles. The fourth-order valence-corrected chi connectivity index (χ4v) is 2.01. The van der Waals surface area contributed by atoms with Crippen LogP contribution >= 0.6 is 11.6 Å². The molecule has 2 rings (SSSR count). The molecule has 0 spiro atoms. The van der Waals surface area contributed by atoms with Gasteiger partial charge in [-0.15, -0.1) is 0 Å². The number of rotatable bonds is 1. The second-order valence-corrected chi connectivity index (χ2v) is 5.46. The van der Waals surface area contributed by atoms with E-state index in [1.54, 1.807) is 0 Å². The van der Waals surface area contributed by atoms with Crippen LogP contribution in [0, 0.1) is 0 Å². The molecule has 1 aromatic carbocycles. The van der Waals surface area contributed by atoms with E-state index in [1.807, 2.05) is 31.2 Å². The maximum Gasteiger partial charge on any atom is 0.283 e. The lowest BCUT2D eigenvalue weighted by atomic mass is 9.95. The maximum absolute atomic E-state index is 5.89. The number of nitrogens with zero attached hydrogens (tertiary/aromatic N) is 1. The SMILES string of the molecule is CC1=NO[C@H](c2ccc(Cl)cc2)[NH+](C)C1(C)C. The van der Waals surface area contributed by atoms with Crippen molar-refractivity contribution in [2.24, 2.45) is 5.16 Å². The lowest BCUT2D eigenvalue weighted by Crippen LogP contribution is -3.19. The van der Waals surface area contributed by atoms with Gasteiger partial charge < -0.3 is 4.84 Å². The van der Waals surface area contributed by atoms with Crippen LogP contribution in [-0.2, 0) is 4.84 Å². The number of hydrogen-bond donors (Lipinski definition) is 1. The summed E-state index contributed by atoms with van der Waals surface area (Å²) in [5.41, 5.74) is 2.08. The standard InChI is InChI=1S/C13H17ClN2O/c1-9-13(2,3)16(4)12(17-15-9)10-5-7-11(14)8-6-10/h5-8,12H,1-4H3/p+1/t12-/m1/s1.